The van der Waals surface area contributed by atoms with Crippen LogP contribution in [0.4, 0.5) is 5.82 Å². The van der Waals surface area contributed by atoms with E-state index in [1.807, 2.05) is 25.3 Å². The zero-order chi connectivity index (χ0) is 13.0. The van der Waals surface area contributed by atoms with Crippen LogP contribution in [-0.4, -0.2) is 31.2 Å². The van der Waals surface area contributed by atoms with Gasteiger partial charge in [-0.2, -0.15) is 0 Å². The molecule has 0 spiro atoms. The van der Waals surface area contributed by atoms with E-state index in [4.69, 9.17) is 10.5 Å². The first-order valence-electron chi connectivity index (χ1n) is 6.71. The third-order valence-electron chi connectivity index (χ3n) is 3.81. The highest BCUT2D eigenvalue weighted by Gasteiger charge is 2.30. The molecule has 0 unspecified atom stereocenters. The van der Waals surface area contributed by atoms with Crippen LogP contribution in [0.2, 0.25) is 0 Å². The van der Waals surface area contributed by atoms with Crippen LogP contribution >= 0.6 is 0 Å². The lowest BCUT2D eigenvalue weighted by Crippen LogP contribution is -2.42. The molecule has 1 aliphatic rings. The molecule has 18 heavy (non-hydrogen) atoms. The first-order chi connectivity index (χ1) is 8.68. The quantitative estimate of drug-likeness (QED) is 0.887. The van der Waals surface area contributed by atoms with E-state index in [1.165, 1.54) is 0 Å². The summed E-state index contributed by atoms with van der Waals surface area (Å²) in [4.78, 5) is 6.77. The fourth-order valence-corrected chi connectivity index (χ4v) is 2.35. The summed E-state index contributed by atoms with van der Waals surface area (Å²) < 4.78 is 5.64. The average Bonchev–Trinajstić information content (AvgIpc) is 2.41. The van der Waals surface area contributed by atoms with Crippen LogP contribution in [0.3, 0.4) is 0 Å². The maximum absolute atomic E-state index is 5.84. The Kier molecular flexibility index (Phi) is 4.07. The van der Waals surface area contributed by atoms with E-state index >= 15 is 0 Å². The van der Waals surface area contributed by atoms with Crippen LogP contribution < -0.4 is 15.4 Å². The van der Waals surface area contributed by atoms with Crippen LogP contribution in [0.15, 0.2) is 18.3 Å². The number of aromatic nitrogens is 1. The third-order valence-corrected chi connectivity index (χ3v) is 3.81. The topological polar surface area (TPSA) is 51.4 Å². The van der Waals surface area contributed by atoms with Crippen LogP contribution in [0, 0.1) is 5.41 Å². The Bertz CT molecular complexity index is 386. The normalized spacial score (nSPS) is 18.7. The summed E-state index contributed by atoms with van der Waals surface area (Å²) in [5.74, 6) is 1.86. The second-order valence-electron chi connectivity index (χ2n) is 5.26. The number of nitrogens with zero attached hydrogens (tertiary/aromatic N) is 2. The van der Waals surface area contributed by atoms with E-state index in [0.29, 0.717) is 6.61 Å². The summed E-state index contributed by atoms with van der Waals surface area (Å²) in [5, 5.41) is 0. The minimum absolute atomic E-state index is 0.289. The van der Waals surface area contributed by atoms with Gasteiger partial charge in [0.15, 0.2) is 11.6 Å². The molecule has 1 aromatic heterocycles. The molecule has 0 aliphatic carbocycles. The Morgan fingerprint density at radius 1 is 1.44 bits per heavy atom. The second-order valence-corrected chi connectivity index (χ2v) is 5.26. The molecule has 0 aromatic carbocycles. The van der Waals surface area contributed by atoms with Crippen molar-refractivity contribution in [3.05, 3.63) is 18.3 Å². The van der Waals surface area contributed by atoms with E-state index in [2.05, 4.69) is 16.8 Å². The van der Waals surface area contributed by atoms with Gasteiger partial charge >= 0.3 is 0 Å². The van der Waals surface area contributed by atoms with Crippen LogP contribution in [0.5, 0.6) is 5.75 Å². The smallest absolute Gasteiger partial charge is 0.171 e. The van der Waals surface area contributed by atoms with Crippen molar-refractivity contribution in [1.29, 1.82) is 0 Å². The minimum Gasteiger partial charge on any atom is -0.490 e. The number of hydrogen-bond acceptors (Lipinski definition) is 4. The molecule has 0 bridgehead atoms. The molecule has 4 nitrogen and oxygen atoms in total. The van der Waals surface area contributed by atoms with Gasteiger partial charge in [0.25, 0.3) is 0 Å². The van der Waals surface area contributed by atoms with Crippen molar-refractivity contribution in [1.82, 2.24) is 4.98 Å². The average molecular weight is 249 g/mol. The van der Waals surface area contributed by atoms with Gasteiger partial charge in [0.2, 0.25) is 0 Å². The highest BCUT2D eigenvalue weighted by atomic mass is 16.5. The van der Waals surface area contributed by atoms with Gasteiger partial charge in [0, 0.05) is 19.3 Å². The monoisotopic (exact) mass is 249 g/mol. The Morgan fingerprint density at radius 2 is 2.17 bits per heavy atom. The van der Waals surface area contributed by atoms with Gasteiger partial charge in [0.1, 0.15) is 0 Å². The van der Waals surface area contributed by atoms with E-state index in [0.717, 1.165) is 44.0 Å². The maximum atomic E-state index is 5.84. The molecule has 2 rings (SSSR count). The van der Waals surface area contributed by atoms with Gasteiger partial charge in [-0.25, -0.2) is 4.98 Å². The molecule has 1 fully saturated rings. The number of piperidine rings is 1. The predicted molar refractivity (Wildman–Crippen MR) is 74.0 cm³/mol. The number of nitrogens with two attached hydrogens (primary N) is 1. The third kappa shape index (κ3) is 2.75. The van der Waals surface area contributed by atoms with Crippen molar-refractivity contribution in [2.24, 2.45) is 11.1 Å². The van der Waals surface area contributed by atoms with Gasteiger partial charge in [0.05, 0.1) is 6.61 Å². The SMILES string of the molecule is CCOc1cccnc1N1CCC(C)(CN)CC1. The molecule has 100 valence electrons. The van der Waals surface area contributed by atoms with E-state index in [1.54, 1.807) is 0 Å². The molecule has 4 heteroatoms. The highest BCUT2D eigenvalue weighted by molar-refractivity contribution is 5.52. The zero-order valence-corrected chi connectivity index (χ0v) is 11.4. The second kappa shape index (κ2) is 5.57. The van der Waals surface area contributed by atoms with Crippen LogP contribution in [0.1, 0.15) is 26.7 Å². The van der Waals surface area contributed by atoms with E-state index in [9.17, 15) is 0 Å². The van der Waals surface area contributed by atoms with E-state index < -0.39 is 0 Å². The summed E-state index contributed by atoms with van der Waals surface area (Å²) in [6, 6.07) is 3.91. The molecule has 2 N–H and O–H groups in total. The Hall–Kier alpha value is -1.29. The number of rotatable bonds is 4. The lowest BCUT2D eigenvalue weighted by atomic mass is 9.80. The lowest BCUT2D eigenvalue weighted by Gasteiger charge is -2.39. The van der Waals surface area contributed by atoms with Crippen molar-refractivity contribution >= 4 is 5.82 Å². The van der Waals surface area contributed by atoms with Gasteiger partial charge in [-0.05, 0) is 43.9 Å². The Labute approximate surface area is 109 Å². The predicted octanol–water partition coefficient (Wildman–Crippen LogP) is 2.05. The molecule has 2 heterocycles. The summed E-state index contributed by atoms with van der Waals surface area (Å²) in [6.45, 7) is 7.72. The highest BCUT2D eigenvalue weighted by Crippen LogP contribution is 2.34. The molecule has 0 atom stereocenters. The number of anilines is 1. The van der Waals surface area contributed by atoms with Gasteiger partial charge in [-0.3, -0.25) is 0 Å². The summed E-state index contributed by atoms with van der Waals surface area (Å²) >= 11 is 0. The zero-order valence-electron chi connectivity index (χ0n) is 11.4. The van der Waals surface area contributed by atoms with E-state index in [-0.39, 0.29) is 5.41 Å². The fraction of sp³-hybridized carbons (Fsp3) is 0.643. The minimum atomic E-state index is 0.289. The van der Waals surface area contributed by atoms with Crippen LogP contribution in [0.25, 0.3) is 0 Å². The molecule has 0 radical (unpaired) electrons. The Morgan fingerprint density at radius 3 is 2.78 bits per heavy atom. The molecule has 1 aromatic rings. The summed E-state index contributed by atoms with van der Waals surface area (Å²) in [7, 11) is 0. The van der Waals surface area contributed by atoms with Crippen molar-refractivity contribution < 1.29 is 4.74 Å². The number of pyridine rings is 1. The molecule has 0 saturated carbocycles. The molecule has 0 amide bonds. The summed E-state index contributed by atoms with van der Waals surface area (Å²) in [5.41, 5.74) is 6.13. The largest absolute Gasteiger partial charge is 0.490 e. The standard InChI is InChI=1S/C14H23N3O/c1-3-18-12-5-4-8-16-13(12)17-9-6-14(2,11-15)7-10-17/h4-5,8H,3,6-7,9-11,15H2,1-2H3. The number of hydrogen-bond donors (Lipinski definition) is 1. The van der Waals surface area contributed by atoms with Gasteiger partial charge < -0.3 is 15.4 Å². The van der Waals surface area contributed by atoms with Gasteiger partial charge in [-0.15, -0.1) is 0 Å². The van der Waals surface area contributed by atoms with Crippen molar-refractivity contribution in [2.45, 2.75) is 26.7 Å². The maximum Gasteiger partial charge on any atom is 0.171 e. The number of ether oxygens (including phenoxy) is 1. The molecular weight excluding hydrogens is 226 g/mol. The molecule has 1 aliphatic heterocycles. The lowest BCUT2D eigenvalue weighted by molar-refractivity contribution is 0.256. The summed E-state index contributed by atoms with van der Waals surface area (Å²) in [6.07, 6.45) is 4.06. The van der Waals surface area contributed by atoms with Crippen molar-refractivity contribution in [3.63, 3.8) is 0 Å². The first-order valence-corrected chi connectivity index (χ1v) is 6.71. The van der Waals surface area contributed by atoms with Gasteiger partial charge in [-0.1, -0.05) is 6.92 Å². The fourth-order valence-electron chi connectivity index (χ4n) is 2.35. The molecule has 1 saturated heterocycles. The van der Waals surface area contributed by atoms with Crippen molar-refractivity contribution in [3.8, 4) is 5.75 Å². The molecular formula is C14H23N3O. The van der Waals surface area contributed by atoms with Crippen molar-refractivity contribution in [2.75, 3.05) is 31.1 Å². The first kappa shape index (κ1) is 13.1. The van der Waals surface area contributed by atoms with Crippen LogP contribution in [-0.2, 0) is 0 Å². The Balaban J connectivity index is 2.09.